The number of nitrogens with zero attached hydrogens (tertiary/aromatic N) is 2. The Bertz CT molecular complexity index is 956. The summed E-state index contributed by atoms with van der Waals surface area (Å²) in [6.07, 6.45) is 2.88. The lowest BCUT2D eigenvalue weighted by Gasteiger charge is -2.34. The molecule has 1 heterocycles. The van der Waals surface area contributed by atoms with Crippen molar-refractivity contribution in [3.05, 3.63) is 63.5 Å². The van der Waals surface area contributed by atoms with Crippen LogP contribution in [0.5, 0.6) is 0 Å². The second-order valence-corrected chi connectivity index (χ2v) is 8.01. The molecule has 0 amide bonds. The number of anilines is 1. The zero-order chi connectivity index (χ0) is 20.4. The first-order valence-corrected chi connectivity index (χ1v) is 9.93. The molecule has 1 aliphatic rings. The van der Waals surface area contributed by atoms with Gasteiger partial charge < -0.3 is 4.90 Å². The van der Waals surface area contributed by atoms with E-state index < -0.39 is 5.24 Å². The van der Waals surface area contributed by atoms with E-state index in [0.717, 1.165) is 49.2 Å². The first kappa shape index (κ1) is 20.4. The van der Waals surface area contributed by atoms with Crippen molar-refractivity contribution < 1.29 is 9.18 Å². The second kappa shape index (κ2) is 8.32. The lowest BCUT2D eigenvalue weighted by Crippen LogP contribution is -2.35. The molecule has 5 heteroatoms. The number of halogens is 2. The van der Waals surface area contributed by atoms with Crippen LogP contribution in [0.25, 0.3) is 0 Å². The summed E-state index contributed by atoms with van der Waals surface area (Å²) in [7, 11) is 0. The monoisotopic (exact) mass is 398 g/mol. The molecular formula is C23H24ClFN2O. The number of rotatable bonds is 4. The standard InChI is InChI=1S/C23H24ClFN2O/c1-14-10-15(2)22(23(24)28)16(3)20(14)11-17-6-8-27(9-7-17)21-5-4-19(25)12-18(21)13-26/h4-5,10,12,17H,6-9,11H2,1-3H3. The molecule has 0 unspecified atom stereocenters. The molecule has 1 fully saturated rings. The highest BCUT2D eigenvalue weighted by molar-refractivity contribution is 6.68. The minimum absolute atomic E-state index is 0.383. The van der Waals surface area contributed by atoms with Crippen molar-refractivity contribution in [2.45, 2.75) is 40.0 Å². The summed E-state index contributed by atoms with van der Waals surface area (Å²) >= 11 is 5.81. The third-order valence-electron chi connectivity index (χ3n) is 5.85. The van der Waals surface area contributed by atoms with Crippen molar-refractivity contribution in [3.63, 3.8) is 0 Å². The smallest absolute Gasteiger partial charge is 0.252 e. The predicted octanol–water partition coefficient (Wildman–Crippen LogP) is 5.46. The van der Waals surface area contributed by atoms with E-state index in [9.17, 15) is 14.4 Å². The number of benzene rings is 2. The molecule has 0 bridgehead atoms. The Hall–Kier alpha value is -2.38. The van der Waals surface area contributed by atoms with Gasteiger partial charge in [0.15, 0.2) is 0 Å². The summed E-state index contributed by atoms with van der Waals surface area (Å²) in [6, 6.07) is 8.54. The number of piperidine rings is 1. The average Bonchev–Trinajstić information content (AvgIpc) is 2.65. The van der Waals surface area contributed by atoms with E-state index in [1.54, 1.807) is 6.07 Å². The van der Waals surface area contributed by atoms with Gasteiger partial charge in [0.05, 0.1) is 11.3 Å². The van der Waals surface area contributed by atoms with Crippen LogP contribution < -0.4 is 4.90 Å². The number of hydrogen-bond donors (Lipinski definition) is 0. The van der Waals surface area contributed by atoms with Gasteiger partial charge in [-0.05, 0) is 98.0 Å². The molecule has 1 aliphatic heterocycles. The zero-order valence-corrected chi connectivity index (χ0v) is 17.2. The maximum absolute atomic E-state index is 13.4. The minimum atomic E-state index is -0.397. The van der Waals surface area contributed by atoms with Crippen molar-refractivity contribution in [2.75, 3.05) is 18.0 Å². The highest BCUT2D eigenvalue weighted by Crippen LogP contribution is 2.31. The maximum Gasteiger partial charge on any atom is 0.252 e. The van der Waals surface area contributed by atoms with Crippen molar-refractivity contribution >= 4 is 22.5 Å². The third kappa shape index (κ3) is 4.05. The largest absolute Gasteiger partial charge is 0.370 e. The van der Waals surface area contributed by atoms with Gasteiger partial charge in [-0.1, -0.05) is 6.07 Å². The molecule has 0 N–H and O–H groups in total. The summed E-state index contributed by atoms with van der Waals surface area (Å²) in [5.41, 5.74) is 6.15. The highest BCUT2D eigenvalue weighted by atomic mass is 35.5. The van der Waals surface area contributed by atoms with Crippen LogP contribution in [0.4, 0.5) is 10.1 Å². The van der Waals surface area contributed by atoms with Crippen LogP contribution >= 0.6 is 11.6 Å². The molecule has 2 aromatic rings. The van der Waals surface area contributed by atoms with Crippen molar-refractivity contribution in [2.24, 2.45) is 5.92 Å². The molecule has 1 saturated heterocycles. The number of nitriles is 1. The first-order valence-electron chi connectivity index (χ1n) is 9.56. The van der Waals surface area contributed by atoms with Crippen LogP contribution in [-0.2, 0) is 6.42 Å². The summed E-state index contributed by atoms with van der Waals surface area (Å²) in [5, 5.41) is 8.90. The Morgan fingerprint density at radius 2 is 1.89 bits per heavy atom. The van der Waals surface area contributed by atoms with E-state index in [1.807, 2.05) is 19.9 Å². The average molecular weight is 399 g/mol. The van der Waals surface area contributed by atoms with Gasteiger partial charge in [-0.3, -0.25) is 4.79 Å². The third-order valence-corrected chi connectivity index (χ3v) is 6.04. The van der Waals surface area contributed by atoms with Crippen LogP contribution in [0.3, 0.4) is 0 Å². The van der Waals surface area contributed by atoms with Gasteiger partial charge in [0, 0.05) is 18.7 Å². The summed E-state index contributed by atoms with van der Waals surface area (Å²) in [6.45, 7) is 7.66. The Kier molecular flexibility index (Phi) is 6.05. The fourth-order valence-electron chi connectivity index (χ4n) is 4.38. The highest BCUT2D eigenvalue weighted by Gasteiger charge is 2.24. The Morgan fingerprint density at radius 1 is 1.21 bits per heavy atom. The fourth-order valence-corrected chi connectivity index (χ4v) is 4.67. The van der Waals surface area contributed by atoms with Gasteiger partial charge in [-0.2, -0.15) is 5.26 Å². The van der Waals surface area contributed by atoms with E-state index in [4.69, 9.17) is 11.6 Å². The van der Waals surface area contributed by atoms with Gasteiger partial charge >= 0.3 is 0 Å². The Morgan fingerprint density at radius 3 is 2.50 bits per heavy atom. The van der Waals surface area contributed by atoms with E-state index in [1.165, 1.54) is 23.3 Å². The fraction of sp³-hybridized carbons (Fsp3) is 0.391. The maximum atomic E-state index is 13.4. The molecule has 0 spiro atoms. The number of carbonyl (C=O) groups excluding carboxylic acids is 1. The van der Waals surface area contributed by atoms with Crippen LogP contribution in [-0.4, -0.2) is 18.3 Å². The molecule has 2 aromatic carbocycles. The van der Waals surface area contributed by atoms with Gasteiger partial charge in [-0.25, -0.2) is 4.39 Å². The quantitative estimate of drug-likeness (QED) is 0.642. The molecule has 3 rings (SSSR count). The SMILES string of the molecule is Cc1cc(C)c(C(=O)Cl)c(C)c1CC1CCN(c2ccc(F)cc2C#N)CC1. The van der Waals surface area contributed by atoms with Crippen molar-refractivity contribution in [1.29, 1.82) is 5.26 Å². The zero-order valence-electron chi connectivity index (χ0n) is 16.5. The Balaban J connectivity index is 1.75. The van der Waals surface area contributed by atoms with Gasteiger partial charge in [-0.15, -0.1) is 0 Å². The molecule has 28 heavy (non-hydrogen) atoms. The van der Waals surface area contributed by atoms with Gasteiger partial charge in [0.2, 0.25) is 0 Å². The molecule has 0 atom stereocenters. The predicted molar refractivity (Wildman–Crippen MR) is 111 cm³/mol. The molecule has 0 aromatic heterocycles. The van der Waals surface area contributed by atoms with Gasteiger partial charge in [0.1, 0.15) is 11.9 Å². The van der Waals surface area contributed by atoms with E-state index >= 15 is 0 Å². The molecule has 0 saturated carbocycles. The van der Waals surface area contributed by atoms with E-state index in [-0.39, 0.29) is 5.82 Å². The van der Waals surface area contributed by atoms with E-state index in [0.29, 0.717) is 17.0 Å². The van der Waals surface area contributed by atoms with Crippen LogP contribution in [0.2, 0.25) is 0 Å². The summed E-state index contributed by atoms with van der Waals surface area (Å²) < 4.78 is 13.4. The molecule has 3 nitrogen and oxygen atoms in total. The first-order chi connectivity index (χ1) is 13.3. The molecule has 146 valence electrons. The lowest BCUT2D eigenvalue weighted by atomic mass is 9.84. The molecule has 0 aliphatic carbocycles. The lowest BCUT2D eigenvalue weighted by molar-refractivity contribution is 0.108. The van der Waals surface area contributed by atoms with Crippen LogP contribution in [0.15, 0.2) is 24.3 Å². The minimum Gasteiger partial charge on any atom is -0.370 e. The normalized spacial score (nSPS) is 14.8. The molecule has 0 radical (unpaired) electrons. The van der Waals surface area contributed by atoms with Gasteiger partial charge in [0.25, 0.3) is 5.24 Å². The topological polar surface area (TPSA) is 44.1 Å². The van der Waals surface area contributed by atoms with Crippen LogP contribution in [0.1, 0.15) is 51.0 Å². The number of carbonyl (C=O) groups is 1. The number of aryl methyl sites for hydroxylation is 2. The molecular weight excluding hydrogens is 375 g/mol. The summed E-state index contributed by atoms with van der Waals surface area (Å²) in [4.78, 5) is 14.0. The van der Waals surface area contributed by atoms with Crippen molar-refractivity contribution in [3.8, 4) is 6.07 Å². The van der Waals surface area contributed by atoms with Crippen LogP contribution in [0, 0.1) is 43.8 Å². The Labute approximate surface area is 170 Å². The summed E-state index contributed by atoms with van der Waals surface area (Å²) in [5.74, 6) is 0.116. The van der Waals surface area contributed by atoms with E-state index in [2.05, 4.69) is 17.9 Å². The number of hydrogen-bond acceptors (Lipinski definition) is 3. The second-order valence-electron chi connectivity index (χ2n) is 7.67. The van der Waals surface area contributed by atoms with Crippen molar-refractivity contribution in [1.82, 2.24) is 0 Å².